The lowest BCUT2D eigenvalue weighted by molar-refractivity contribution is 0.113. The summed E-state index contributed by atoms with van der Waals surface area (Å²) in [6.45, 7) is 3.49. The van der Waals surface area contributed by atoms with Gasteiger partial charge in [-0.3, -0.25) is 4.79 Å². The van der Waals surface area contributed by atoms with Crippen LogP contribution in [0.1, 0.15) is 11.5 Å². The highest BCUT2D eigenvalue weighted by atomic mass is 127. The first-order valence-corrected chi connectivity index (χ1v) is 7.74. The van der Waals surface area contributed by atoms with Gasteiger partial charge in [-0.2, -0.15) is 0 Å². The minimum Gasteiger partial charge on any atom is -0.378 e. The highest BCUT2D eigenvalue weighted by Crippen LogP contribution is 2.12. The molecule has 1 fully saturated rings. The van der Waals surface area contributed by atoms with Crippen molar-refractivity contribution in [3.8, 4) is 0 Å². The number of H-pyrrole nitrogens is 1. The van der Waals surface area contributed by atoms with Gasteiger partial charge in [0.15, 0.2) is 0 Å². The van der Waals surface area contributed by atoms with Crippen molar-refractivity contribution >= 4 is 22.6 Å². The van der Waals surface area contributed by atoms with Gasteiger partial charge in [0.1, 0.15) is 9.39 Å². The largest absolute Gasteiger partial charge is 0.378 e. The molecule has 1 aliphatic rings. The molecule has 0 aromatic carbocycles. The number of hydrogen-bond donors (Lipinski definition) is 1. The van der Waals surface area contributed by atoms with Crippen molar-refractivity contribution < 1.29 is 4.74 Å². The smallest absolute Gasteiger partial charge is 0.264 e. The summed E-state index contributed by atoms with van der Waals surface area (Å²) < 4.78 is 5.72. The minimum atomic E-state index is -0.0746. The van der Waals surface area contributed by atoms with Gasteiger partial charge in [0.2, 0.25) is 0 Å². The SMILES string of the molecule is COCc1nc(CC2CN(C)CCN2C)[nH]c(=O)c1I. The number of piperazine rings is 1. The molecule has 7 heteroatoms. The molecule has 20 heavy (non-hydrogen) atoms. The Hall–Kier alpha value is -0.510. The van der Waals surface area contributed by atoms with E-state index in [0.29, 0.717) is 16.2 Å². The fraction of sp³-hybridized carbons (Fsp3) is 0.692. The van der Waals surface area contributed by atoms with Crippen LogP contribution in [-0.4, -0.2) is 66.6 Å². The molecule has 6 nitrogen and oxygen atoms in total. The number of methoxy groups -OCH3 is 1. The number of likely N-dealkylation sites (N-methyl/N-ethyl adjacent to an activating group) is 2. The van der Waals surface area contributed by atoms with Crippen molar-refractivity contribution in [2.75, 3.05) is 40.8 Å². The average Bonchev–Trinajstić information content (AvgIpc) is 2.40. The third kappa shape index (κ3) is 3.78. The van der Waals surface area contributed by atoms with Crippen molar-refractivity contribution in [1.29, 1.82) is 0 Å². The second-order valence-corrected chi connectivity index (χ2v) is 6.39. The number of hydrogen-bond acceptors (Lipinski definition) is 5. The molecule has 0 aliphatic carbocycles. The van der Waals surface area contributed by atoms with Crippen molar-refractivity contribution in [3.63, 3.8) is 0 Å². The lowest BCUT2D eigenvalue weighted by atomic mass is 10.1. The van der Waals surface area contributed by atoms with Crippen LogP contribution in [0.15, 0.2) is 4.79 Å². The molecule has 2 rings (SSSR count). The zero-order valence-electron chi connectivity index (χ0n) is 12.1. The minimum absolute atomic E-state index is 0.0746. The second kappa shape index (κ2) is 6.97. The number of aromatic nitrogens is 2. The Kier molecular flexibility index (Phi) is 5.53. The monoisotopic (exact) mass is 392 g/mol. The Morgan fingerprint density at radius 1 is 1.45 bits per heavy atom. The maximum atomic E-state index is 11.9. The summed E-state index contributed by atoms with van der Waals surface area (Å²) in [6.07, 6.45) is 0.754. The van der Waals surface area contributed by atoms with E-state index in [4.69, 9.17) is 4.74 Å². The van der Waals surface area contributed by atoms with Crippen molar-refractivity contribution in [3.05, 3.63) is 25.4 Å². The maximum Gasteiger partial charge on any atom is 0.264 e. The van der Waals surface area contributed by atoms with Gasteiger partial charge >= 0.3 is 0 Å². The Bertz CT molecular complexity index is 520. The van der Waals surface area contributed by atoms with E-state index in [1.165, 1.54) is 0 Å². The summed E-state index contributed by atoms with van der Waals surface area (Å²) in [5.41, 5.74) is 0.646. The Morgan fingerprint density at radius 2 is 2.20 bits per heavy atom. The first kappa shape index (κ1) is 15.9. The number of aromatic amines is 1. The van der Waals surface area contributed by atoms with Crippen LogP contribution in [0.4, 0.5) is 0 Å². The third-order valence-corrected chi connectivity index (χ3v) is 4.78. The molecule has 112 valence electrons. The zero-order chi connectivity index (χ0) is 14.7. The normalized spacial score (nSPS) is 21.3. The molecule has 1 aliphatic heterocycles. The number of nitrogens with zero attached hydrogens (tertiary/aromatic N) is 3. The Morgan fingerprint density at radius 3 is 2.90 bits per heavy atom. The predicted molar refractivity (Wildman–Crippen MR) is 85.9 cm³/mol. The van der Waals surface area contributed by atoms with E-state index in [2.05, 4.69) is 33.9 Å². The molecule has 0 amide bonds. The zero-order valence-corrected chi connectivity index (χ0v) is 14.3. The van der Waals surface area contributed by atoms with Crippen LogP contribution in [0, 0.1) is 3.57 Å². The first-order chi connectivity index (χ1) is 9.51. The van der Waals surface area contributed by atoms with E-state index in [-0.39, 0.29) is 5.56 Å². The van der Waals surface area contributed by atoms with Crippen molar-refractivity contribution in [2.24, 2.45) is 0 Å². The van der Waals surface area contributed by atoms with Crippen LogP contribution in [0.3, 0.4) is 0 Å². The molecule has 1 aromatic rings. The molecule has 1 N–H and O–H groups in total. The molecule has 1 aromatic heterocycles. The van der Waals surface area contributed by atoms with E-state index < -0.39 is 0 Å². The lowest BCUT2D eigenvalue weighted by Gasteiger charge is -2.37. The van der Waals surface area contributed by atoms with Crippen LogP contribution in [0.5, 0.6) is 0 Å². The van der Waals surface area contributed by atoms with Crippen LogP contribution in [0.25, 0.3) is 0 Å². The van der Waals surface area contributed by atoms with Crippen molar-refractivity contribution in [2.45, 2.75) is 19.1 Å². The van der Waals surface area contributed by atoms with Gasteiger partial charge in [0.25, 0.3) is 5.56 Å². The van der Waals surface area contributed by atoms with Gasteiger partial charge < -0.3 is 19.5 Å². The molecule has 0 saturated carbocycles. The van der Waals surface area contributed by atoms with Crippen molar-refractivity contribution in [1.82, 2.24) is 19.8 Å². The van der Waals surface area contributed by atoms with Crippen LogP contribution < -0.4 is 5.56 Å². The van der Waals surface area contributed by atoms with E-state index >= 15 is 0 Å². The summed E-state index contributed by atoms with van der Waals surface area (Å²) in [7, 11) is 5.86. The molecular formula is C13H21IN4O2. The molecule has 0 radical (unpaired) electrons. The molecule has 1 saturated heterocycles. The van der Waals surface area contributed by atoms with E-state index in [1.807, 2.05) is 22.6 Å². The summed E-state index contributed by atoms with van der Waals surface area (Å²) in [6, 6.07) is 0.382. The van der Waals surface area contributed by atoms with Crippen LogP contribution in [-0.2, 0) is 17.8 Å². The molecule has 1 atom stereocenters. The van der Waals surface area contributed by atoms with Gasteiger partial charge in [-0.1, -0.05) is 0 Å². The number of halogens is 1. The van der Waals surface area contributed by atoms with E-state index in [0.717, 1.165) is 37.6 Å². The summed E-state index contributed by atoms with van der Waals surface area (Å²) >= 11 is 2.02. The molecule has 1 unspecified atom stereocenters. The summed E-state index contributed by atoms with van der Waals surface area (Å²) in [4.78, 5) is 24.0. The van der Waals surface area contributed by atoms with Gasteiger partial charge in [-0.25, -0.2) is 4.98 Å². The van der Waals surface area contributed by atoms with Gasteiger partial charge in [-0.15, -0.1) is 0 Å². The summed E-state index contributed by atoms with van der Waals surface area (Å²) in [5.74, 6) is 0.745. The maximum absolute atomic E-state index is 11.9. The highest BCUT2D eigenvalue weighted by molar-refractivity contribution is 14.1. The topological polar surface area (TPSA) is 61.5 Å². The molecular weight excluding hydrogens is 371 g/mol. The third-order valence-electron chi connectivity index (χ3n) is 3.67. The van der Waals surface area contributed by atoms with Gasteiger partial charge in [0.05, 0.1) is 12.3 Å². The second-order valence-electron chi connectivity index (χ2n) is 5.31. The van der Waals surface area contributed by atoms with Crippen LogP contribution >= 0.6 is 22.6 Å². The van der Waals surface area contributed by atoms with Gasteiger partial charge in [0, 0.05) is 39.2 Å². The molecule has 0 spiro atoms. The first-order valence-electron chi connectivity index (χ1n) is 6.66. The Labute approximate surface area is 132 Å². The number of nitrogens with one attached hydrogen (secondary N) is 1. The van der Waals surface area contributed by atoms with Gasteiger partial charge in [-0.05, 0) is 36.7 Å². The number of ether oxygens (including phenoxy) is 1. The van der Waals surface area contributed by atoms with E-state index in [9.17, 15) is 4.79 Å². The Balaban J connectivity index is 2.18. The quantitative estimate of drug-likeness (QED) is 0.748. The molecule has 2 heterocycles. The number of rotatable bonds is 4. The average molecular weight is 392 g/mol. The predicted octanol–water partition coefficient (Wildman–Crippen LogP) is 0.309. The van der Waals surface area contributed by atoms with Crippen LogP contribution in [0.2, 0.25) is 0 Å². The standard InChI is InChI=1S/C13H21IN4O2/c1-17-4-5-18(2)9(7-17)6-11-15-10(8-20-3)12(14)13(19)16-11/h9H,4-8H2,1-3H3,(H,15,16,19). The highest BCUT2D eigenvalue weighted by Gasteiger charge is 2.23. The fourth-order valence-electron chi connectivity index (χ4n) is 2.43. The lowest BCUT2D eigenvalue weighted by Crippen LogP contribution is -2.51. The van der Waals surface area contributed by atoms with E-state index in [1.54, 1.807) is 7.11 Å². The fourth-order valence-corrected chi connectivity index (χ4v) is 2.84. The summed E-state index contributed by atoms with van der Waals surface area (Å²) in [5, 5.41) is 0. The molecule has 0 bridgehead atoms.